The fraction of sp³-hybridized carbons (Fsp3) is 0.880. The molecule has 4 heteroatoms. The first kappa shape index (κ1) is 28.0. The van der Waals surface area contributed by atoms with Gasteiger partial charge in [0.15, 0.2) is 5.78 Å². The standard InChI is InChI=1S/C25H46O4/c1-14-25(13,18(27)20(2,3)4)16-23(9,10)29-24(11,12)19(28)22(7,8)15-21(5,6)17-26/h17H,14-16H2,1-13H3. The summed E-state index contributed by atoms with van der Waals surface area (Å²) in [5.74, 6) is 0.176. The highest BCUT2D eigenvalue weighted by Gasteiger charge is 2.48. The van der Waals surface area contributed by atoms with Crippen LogP contribution in [0.5, 0.6) is 0 Å². The van der Waals surface area contributed by atoms with Crippen molar-refractivity contribution in [1.82, 2.24) is 0 Å². The molecule has 0 saturated heterocycles. The number of carbonyl (C=O) groups excluding carboxylic acids is 3. The minimum atomic E-state index is -1.04. The van der Waals surface area contributed by atoms with E-state index in [4.69, 9.17) is 4.74 Å². The van der Waals surface area contributed by atoms with Crippen LogP contribution in [0.4, 0.5) is 0 Å². The zero-order chi connectivity index (χ0) is 23.7. The van der Waals surface area contributed by atoms with Gasteiger partial charge in [0.05, 0.1) is 5.60 Å². The molecule has 0 aromatic rings. The maximum Gasteiger partial charge on any atom is 0.169 e. The van der Waals surface area contributed by atoms with Gasteiger partial charge < -0.3 is 9.53 Å². The highest BCUT2D eigenvalue weighted by Crippen LogP contribution is 2.43. The Hall–Kier alpha value is -1.03. The van der Waals surface area contributed by atoms with E-state index in [1.807, 2.05) is 76.2 Å². The normalized spacial score (nSPS) is 16.3. The third-order valence-electron chi connectivity index (χ3n) is 5.74. The SMILES string of the molecule is CCC(C)(CC(C)(C)OC(C)(C)C(=O)C(C)(C)CC(C)(C)C=O)C(=O)C(C)(C)C. The summed E-state index contributed by atoms with van der Waals surface area (Å²) in [6.07, 6.45) is 2.60. The van der Waals surface area contributed by atoms with Crippen LogP contribution >= 0.6 is 0 Å². The first-order chi connectivity index (χ1) is 12.6. The number of carbonyl (C=O) groups is 3. The molecule has 0 aliphatic heterocycles. The number of ether oxygens (including phenoxy) is 1. The lowest BCUT2D eigenvalue weighted by atomic mass is 9.67. The van der Waals surface area contributed by atoms with Crippen LogP contribution in [0.15, 0.2) is 0 Å². The van der Waals surface area contributed by atoms with Crippen molar-refractivity contribution in [1.29, 1.82) is 0 Å². The van der Waals surface area contributed by atoms with Crippen molar-refractivity contribution in [2.24, 2.45) is 21.7 Å². The van der Waals surface area contributed by atoms with Crippen molar-refractivity contribution in [3.05, 3.63) is 0 Å². The van der Waals surface area contributed by atoms with E-state index in [2.05, 4.69) is 0 Å². The lowest BCUT2D eigenvalue weighted by Gasteiger charge is -2.44. The molecule has 0 aliphatic carbocycles. The van der Waals surface area contributed by atoms with E-state index in [-0.39, 0.29) is 11.6 Å². The van der Waals surface area contributed by atoms with Crippen LogP contribution in [0, 0.1) is 21.7 Å². The van der Waals surface area contributed by atoms with Gasteiger partial charge in [-0.15, -0.1) is 0 Å². The molecule has 0 N–H and O–H groups in total. The predicted octanol–water partition coefficient (Wildman–Crippen LogP) is 6.19. The maximum atomic E-state index is 13.4. The van der Waals surface area contributed by atoms with E-state index in [0.29, 0.717) is 19.3 Å². The van der Waals surface area contributed by atoms with Gasteiger partial charge >= 0.3 is 0 Å². The van der Waals surface area contributed by atoms with Crippen molar-refractivity contribution in [2.45, 2.75) is 120 Å². The topological polar surface area (TPSA) is 60.4 Å². The predicted molar refractivity (Wildman–Crippen MR) is 120 cm³/mol. The molecule has 0 spiro atoms. The second-order valence-electron chi connectivity index (χ2n) is 12.5. The molecule has 0 bridgehead atoms. The van der Waals surface area contributed by atoms with E-state index in [1.54, 1.807) is 13.8 Å². The number of Topliss-reactive ketones (excluding diaryl/α,β-unsaturated/α-hetero) is 2. The van der Waals surface area contributed by atoms with Crippen LogP contribution in [0.1, 0.15) is 109 Å². The zero-order valence-electron chi connectivity index (χ0n) is 21.3. The molecular formula is C25H46O4. The Balaban J connectivity index is 5.66. The van der Waals surface area contributed by atoms with Crippen LogP contribution in [-0.2, 0) is 19.1 Å². The Bertz CT molecular complexity index is 617. The van der Waals surface area contributed by atoms with Gasteiger partial charge in [-0.1, -0.05) is 62.3 Å². The molecule has 0 aromatic carbocycles. The summed E-state index contributed by atoms with van der Waals surface area (Å²) in [4.78, 5) is 37.8. The van der Waals surface area contributed by atoms with Crippen molar-refractivity contribution < 1.29 is 19.1 Å². The molecule has 0 radical (unpaired) electrons. The molecule has 1 unspecified atom stereocenters. The van der Waals surface area contributed by atoms with Crippen LogP contribution in [0.2, 0.25) is 0 Å². The molecule has 0 amide bonds. The summed E-state index contributed by atoms with van der Waals surface area (Å²) in [5.41, 5.74) is -3.96. The summed E-state index contributed by atoms with van der Waals surface area (Å²) < 4.78 is 6.39. The Morgan fingerprint density at radius 1 is 0.759 bits per heavy atom. The third-order valence-corrected chi connectivity index (χ3v) is 5.74. The zero-order valence-corrected chi connectivity index (χ0v) is 21.3. The molecule has 0 heterocycles. The fourth-order valence-corrected chi connectivity index (χ4v) is 5.06. The van der Waals surface area contributed by atoms with Gasteiger partial charge in [0.1, 0.15) is 17.7 Å². The van der Waals surface area contributed by atoms with E-state index < -0.39 is 32.9 Å². The van der Waals surface area contributed by atoms with Gasteiger partial charge in [0, 0.05) is 21.7 Å². The first-order valence-corrected chi connectivity index (χ1v) is 10.8. The molecule has 1 atom stereocenters. The van der Waals surface area contributed by atoms with Gasteiger partial charge in [-0.3, -0.25) is 9.59 Å². The Morgan fingerprint density at radius 3 is 1.55 bits per heavy atom. The Kier molecular flexibility index (Phi) is 8.30. The molecule has 4 nitrogen and oxygen atoms in total. The van der Waals surface area contributed by atoms with Gasteiger partial charge in [-0.05, 0) is 47.0 Å². The summed E-state index contributed by atoms with van der Waals surface area (Å²) in [6.45, 7) is 24.8. The van der Waals surface area contributed by atoms with Gasteiger partial charge in [-0.25, -0.2) is 0 Å². The number of rotatable bonds is 11. The van der Waals surface area contributed by atoms with E-state index in [0.717, 1.165) is 6.29 Å². The lowest BCUT2D eigenvalue weighted by Crippen LogP contribution is -2.51. The molecule has 0 aromatic heterocycles. The lowest BCUT2D eigenvalue weighted by molar-refractivity contribution is -0.177. The molecule has 0 fully saturated rings. The molecule has 0 rings (SSSR count). The number of aldehydes is 1. The number of hydrogen-bond donors (Lipinski definition) is 0. The number of hydrogen-bond acceptors (Lipinski definition) is 4. The maximum absolute atomic E-state index is 13.4. The highest BCUT2D eigenvalue weighted by atomic mass is 16.5. The Morgan fingerprint density at radius 2 is 1.21 bits per heavy atom. The molecule has 0 aliphatic rings. The van der Waals surface area contributed by atoms with Gasteiger partial charge in [0.2, 0.25) is 0 Å². The summed E-state index contributed by atoms with van der Waals surface area (Å²) in [7, 11) is 0. The fourth-order valence-electron chi connectivity index (χ4n) is 5.06. The van der Waals surface area contributed by atoms with Crippen LogP contribution < -0.4 is 0 Å². The quantitative estimate of drug-likeness (QED) is 0.381. The van der Waals surface area contributed by atoms with E-state index in [9.17, 15) is 14.4 Å². The molecule has 170 valence electrons. The summed E-state index contributed by atoms with van der Waals surface area (Å²) >= 11 is 0. The minimum Gasteiger partial charge on any atom is -0.362 e. The van der Waals surface area contributed by atoms with Crippen molar-refractivity contribution in [2.75, 3.05) is 0 Å². The van der Waals surface area contributed by atoms with E-state index in [1.165, 1.54) is 0 Å². The minimum absolute atomic E-state index is 0.0339. The third kappa shape index (κ3) is 7.62. The van der Waals surface area contributed by atoms with Crippen molar-refractivity contribution in [3.63, 3.8) is 0 Å². The van der Waals surface area contributed by atoms with E-state index >= 15 is 0 Å². The van der Waals surface area contributed by atoms with Crippen molar-refractivity contribution >= 4 is 17.9 Å². The van der Waals surface area contributed by atoms with Crippen LogP contribution in [0.3, 0.4) is 0 Å². The highest BCUT2D eigenvalue weighted by molar-refractivity contribution is 5.92. The van der Waals surface area contributed by atoms with Gasteiger partial charge in [0.25, 0.3) is 0 Å². The average Bonchev–Trinajstić information content (AvgIpc) is 2.49. The first-order valence-electron chi connectivity index (χ1n) is 10.8. The second-order valence-corrected chi connectivity index (χ2v) is 12.5. The summed E-state index contributed by atoms with van der Waals surface area (Å²) in [5, 5.41) is 0. The second kappa shape index (κ2) is 8.61. The average molecular weight is 411 g/mol. The largest absolute Gasteiger partial charge is 0.362 e. The van der Waals surface area contributed by atoms with Crippen molar-refractivity contribution in [3.8, 4) is 0 Å². The molecule has 0 saturated carbocycles. The molecular weight excluding hydrogens is 364 g/mol. The smallest absolute Gasteiger partial charge is 0.169 e. The monoisotopic (exact) mass is 410 g/mol. The van der Waals surface area contributed by atoms with Crippen LogP contribution in [-0.4, -0.2) is 29.1 Å². The number of ketones is 2. The Labute approximate surface area is 179 Å². The summed E-state index contributed by atoms with van der Waals surface area (Å²) in [6, 6.07) is 0. The van der Waals surface area contributed by atoms with Crippen LogP contribution in [0.25, 0.3) is 0 Å². The van der Waals surface area contributed by atoms with Gasteiger partial charge in [-0.2, -0.15) is 0 Å². The molecule has 29 heavy (non-hydrogen) atoms.